The van der Waals surface area contributed by atoms with Gasteiger partial charge in [0, 0.05) is 38.9 Å². The first-order chi connectivity index (χ1) is 9.88. The summed E-state index contributed by atoms with van der Waals surface area (Å²) in [4.78, 5) is 2.63. The molecule has 1 atom stereocenters. The molecule has 2 N–H and O–H groups in total. The Morgan fingerprint density at radius 3 is 2.25 bits per heavy atom. The molecule has 0 aromatic heterocycles. The predicted molar refractivity (Wildman–Crippen MR) is 81.8 cm³/mol. The van der Waals surface area contributed by atoms with Crippen molar-refractivity contribution in [1.29, 1.82) is 0 Å². The van der Waals surface area contributed by atoms with Gasteiger partial charge in [-0.15, -0.1) is 0 Å². The molecule has 0 spiro atoms. The summed E-state index contributed by atoms with van der Waals surface area (Å²) >= 11 is 0. The Labute approximate surface area is 122 Å². The third-order valence-corrected chi connectivity index (χ3v) is 4.98. The molecule has 20 heavy (non-hydrogen) atoms. The maximum absolute atomic E-state index is 6.11. The SMILES string of the molecule is NCC(C1CCOCC1)N1CCc2ccccc2CC1. The van der Waals surface area contributed by atoms with Gasteiger partial charge in [0.2, 0.25) is 0 Å². The fraction of sp³-hybridized carbons (Fsp3) is 0.647. The molecule has 0 amide bonds. The quantitative estimate of drug-likeness (QED) is 0.914. The highest BCUT2D eigenvalue weighted by Gasteiger charge is 2.28. The van der Waals surface area contributed by atoms with Crippen LogP contribution in [0.25, 0.3) is 0 Å². The molecule has 0 bridgehead atoms. The minimum Gasteiger partial charge on any atom is -0.381 e. The molecule has 3 heteroatoms. The number of nitrogens with zero attached hydrogens (tertiary/aromatic N) is 1. The van der Waals surface area contributed by atoms with Crippen LogP contribution in [0.5, 0.6) is 0 Å². The van der Waals surface area contributed by atoms with E-state index in [1.54, 1.807) is 0 Å². The number of hydrogen-bond donors (Lipinski definition) is 1. The van der Waals surface area contributed by atoms with Crippen LogP contribution < -0.4 is 5.73 Å². The zero-order valence-electron chi connectivity index (χ0n) is 12.3. The summed E-state index contributed by atoms with van der Waals surface area (Å²) in [5.41, 5.74) is 9.16. The first-order valence-electron chi connectivity index (χ1n) is 7.97. The largest absolute Gasteiger partial charge is 0.381 e. The second kappa shape index (κ2) is 6.70. The van der Waals surface area contributed by atoms with E-state index in [2.05, 4.69) is 29.2 Å². The molecule has 0 radical (unpaired) electrons. The normalized spacial score (nSPS) is 23.1. The molecule has 3 rings (SSSR count). The third kappa shape index (κ3) is 3.05. The van der Waals surface area contributed by atoms with Gasteiger partial charge in [0.1, 0.15) is 0 Å². The van der Waals surface area contributed by atoms with Crippen LogP contribution in [0.1, 0.15) is 24.0 Å². The van der Waals surface area contributed by atoms with Gasteiger partial charge in [-0.05, 0) is 42.7 Å². The standard InChI is InChI=1S/C17H26N2O/c18-13-17(16-7-11-20-12-8-16)19-9-5-14-3-1-2-4-15(14)6-10-19/h1-4,16-17H,5-13,18H2. The van der Waals surface area contributed by atoms with E-state index in [-0.39, 0.29) is 0 Å². The molecule has 1 aromatic rings. The van der Waals surface area contributed by atoms with E-state index in [4.69, 9.17) is 10.5 Å². The highest BCUT2D eigenvalue weighted by molar-refractivity contribution is 5.28. The predicted octanol–water partition coefficient (Wildman–Crippen LogP) is 1.84. The zero-order chi connectivity index (χ0) is 13.8. The average molecular weight is 274 g/mol. The molecule has 3 nitrogen and oxygen atoms in total. The van der Waals surface area contributed by atoms with E-state index in [1.165, 1.54) is 24.0 Å². The Morgan fingerprint density at radius 1 is 1.10 bits per heavy atom. The van der Waals surface area contributed by atoms with Crippen molar-refractivity contribution in [3.63, 3.8) is 0 Å². The molecule has 1 unspecified atom stereocenters. The van der Waals surface area contributed by atoms with Crippen molar-refractivity contribution in [2.75, 3.05) is 32.8 Å². The fourth-order valence-electron chi connectivity index (χ4n) is 3.76. The van der Waals surface area contributed by atoms with Gasteiger partial charge in [-0.2, -0.15) is 0 Å². The molecule has 1 saturated heterocycles. The van der Waals surface area contributed by atoms with Crippen LogP contribution >= 0.6 is 0 Å². The second-order valence-electron chi connectivity index (χ2n) is 6.06. The lowest BCUT2D eigenvalue weighted by atomic mass is 9.90. The zero-order valence-corrected chi connectivity index (χ0v) is 12.3. The van der Waals surface area contributed by atoms with Crippen molar-refractivity contribution in [2.24, 2.45) is 11.7 Å². The van der Waals surface area contributed by atoms with Crippen LogP contribution in [0.4, 0.5) is 0 Å². The molecule has 1 fully saturated rings. The summed E-state index contributed by atoms with van der Waals surface area (Å²) in [6.45, 7) is 4.90. The lowest BCUT2D eigenvalue weighted by molar-refractivity contribution is 0.0285. The van der Waals surface area contributed by atoms with E-state index in [0.717, 1.165) is 51.6 Å². The van der Waals surface area contributed by atoms with E-state index < -0.39 is 0 Å². The summed E-state index contributed by atoms with van der Waals surface area (Å²) in [5, 5.41) is 0. The summed E-state index contributed by atoms with van der Waals surface area (Å²) in [6, 6.07) is 9.42. The van der Waals surface area contributed by atoms with E-state index in [0.29, 0.717) is 6.04 Å². The second-order valence-corrected chi connectivity index (χ2v) is 6.06. The van der Waals surface area contributed by atoms with Crippen LogP contribution in [0.2, 0.25) is 0 Å². The Balaban J connectivity index is 1.68. The highest BCUT2D eigenvalue weighted by Crippen LogP contribution is 2.25. The lowest BCUT2D eigenvalue weighted by Crippen LogP contribution is -2.48. The molecule has 2 aliphatic heterocycles. The van der Waals surface area contributed by atoms with Gasteiger partial charge >= 0.3 is 0 Å². The molecule has 0 aliphatic carbocycles. The first kappa shape index (κ1) is 14.1. The van der Waals surface area contributed by atoms with Gasteiger partial charge in [-0.3, -0.25) is 4.90 Å². The summed E-state index contributed by atoms with van der Waals surface area (Å²) in [7, 11) is 0. The molecule has 1 aromatic carbocycles. The van der Waals surface area contributed by atoms with Gasteiger partial charge in [0.25, 0.3) is 0 Å². The van der Waals surface area contributed by atoms with Crippen molar-refractivity contribution in [2.45, 2.75) is 31.7 Å². The van der Waals surface area contributed by atoms with E-state index in [1.807, 2.05) is 0 Å². The minimum absolute atomic E-state index is 0.535. The number of ether oxygens (including phenoxy) is 1. The maximum Gasteiger partial charge on any atom is 0.0469 e. The van der Waals surface area contributed by atoms with Gasteiger partial charge < -0.3 is 10.5 Å². The van der Waals surface area contributed by atoms with Crippen molar-refractivity contribution >= 4 is 0 Å². The van der Waals surface area contributed by atoms with Crippen molar-refractivity contribution < 1.29 is 4.74 Å². The Morgan fingerprint density at radius 2 is 1.70 bits per heavy atom. The number of rotatable bonds is 3. The van der Waals surface area contributed by atoms with Crippen LogP contribution in [0.15, 0.2) is 24.3 Å². The average Bonchev–Trinajstić information content (AvgIpc) is 2.72. The number of nitrogens with two attached hydrogens (primary N) is 1. The van der Waals surface area contributed by atoms with Crippen LogP contribution in [0, 0.1) is 5.92 Å². The Hall–Kier alpha value is -0.900. The smallest absolute Gasteiger partial charge is 0.0469 e. The van der Waals surface area contributed by atoms with Gasteiger partial charge in [-0.25, -0.2) is 0 Å². The molecule has 2 aliphatic rings. The Bertz CT molecular complexity index is 402. The summed E-state index contributed by atoms with van der Waals surface area (Å²) in [5.74, 6) is 0.718. The summed E-state index contributed by atoms with van der Waals surface area (Å²) < 4.78 is 5.50. The number of benzene rings is 1. The minimum atomic E-state index is 0.535. The van der Waals surface area contributed by atoms with E-state index >= 15 is 0 Å². The maximum atomic E-state index is 6.11. The first-order valence-corrected chi connectivity index (χ1v) is 7.97. The van der Waals surface area contributed by atoms with Crippen LogP contribution in [0.3, 0.4) is 0 Å². The van der Waals surface area contributed by atoms with Crippen molar-refractivity contribution in [1.82, 2.24) is 4.90 Å². The molecule has 110 valence electrons. The fourth-order valence-corrected chi connectivity index (χ4v) is 3.76. The van der Waals surface area contributed by atoms with Gasteiger partial charge in [0.15, 0.2) is 0 Å². The van der Waals surface area contributed by atoms with Crippen molar-refractivity contribution in [3.8, 4) is 0 Å². The molecular weight excluding hydrogens is 248 g/mol. The molecule has 0 saturated carbocycles. The highest BCUT2D eigenvalue weighted by atomic mass is 16.5. The molecule has 2 heterocycles. The topological polar surface area (TPSA) is 38.5 Å². The number of hydrogen-bond acceptors (Lipinski definition) is 3. The monoisotopic (exact) mass is 274 g/mol. The number of fused-ring (bicyclic) bond motifs is 1. The van der Waals surface area contributed by atoms with Gasteiger partial charge in [-0.1, -0.05) is 24.3 Å². The van der Waals surface area contributed by atoms with Crippen LogP contribution in [-0.4, -0.2) is 43.8 Å². The Kier molecular flexibility index (Phi) is 4.71. The van der Waals surface area contributed by atoms with E-state index in [9.17, 15) is 0 Å². The van der Waals surface area contributed by atoms with Crippen molar-refractivity contribution in [3.05, 3.63) is 35.4 Å². The van der Waals surface area contributed by atoms with Crippen LogP contribution in [-0.2, 0) is 17.6 Å². The lowest BCUT2D eigenvalue weighted by Gasteiger charge is -2.37. The van der Waals surface area contributed by atoms with Gasteiger partial charge in [0.05, 0.1) is 0 Å². The summed E-state index contributed by atoms with van der Waals surface area (Å²) in [6.07, 6.45) is 4.67. The third-order valence-electron chi connectivity index (χ3n) is 4.98. The molecular formula is C17H26N2O.